The van der Waals surface area contributed by atoms with E-state index in [0.717, 1.165) is 17.6 Å². The highest BCUT2D eigenvalue weighted by atomic mass is 19.1. The maximum Gasteiger partial charge on any atom is 0.169 e. The monoisotopic (exact) mass is 283 g/mol. The van der Waals surface area contributed by atoms with E-state index in [-0.39, 0.29) is 11.9 Å². The molecule has 3 aromatic rings. The fourth-order valence-electron chi connectivity index (χ4n) is 2.78. The van der Waals surface area contributed by atoms with Crippen molar-refractivity contribution in [2.24, 2.45) is 0 Å². The van der Waals surface area contributed by atoms with E-state index in [1.807, 2.05) is 31.3 Å². The van der Waals surface area contributed by atoms with Crippen LogP contribution in [0.4, 0.5) is 4.39 Å². The van der Waals surface area contributed by atoms with Crippen LogP contribution < -0.4 is 5.32 Å². The third-order valence-electron chi connectivity index (χ3n) is 3.84. The van der Waals surface area contributed by atoms with Crippen LogP contribution in [0.1, 0.15) is 29.9 Å². The van der Waals surface area contributed by atoms with Crippen LogP contribution in [0, 0.1) is 5.82 Å². The second kappa shape index (κ2) is 5.70. The molecular weight excluding hydrogens is 265 g/mol. The standard InChI is InChI=1S/C18H18FNO/c1-3-12-7-4-5-9-14(12)17(20-2)16-11-13-8-6-10-15(19)18(13)21-16/h4-11,17,20H,3H2,1-2H3. The van der Waals surface area contributed by atoms with Gasteiger partial charge in [-0.05, 0) is 36.7 Å². The highest BCUT2D eigenvalue weighted by Crippen LogP contribution is 2.31. The van der Waals surface area contributed by atoms with Gasteiger partial charge < -0.3 is 9.73 Å². The lowest BCUT2D eigenvalue weighted by Gasteiger charge is -2.17. The zero-order valence-electron chi connectivity index (χ0n) is 12.2. The average molecular weight is 283 g/mol. The van der Waals surface area contributed by atoms with E-state index in [1.54, 1.807) is 6.07 Å². The number of rotatable bonds is 4. The molecule has 0 aliphatic carbocycles. The average Bonchev–Trinajstić information content (AvgIpc) is 2.94. The van der Waals surface area contributed by atoms with Gasteiger partial charge >= 0.3 is 0 Å². The second-order valence-corrected chi connectivity index (χ2v) is 5.08. The van der Waals surface area contributed by atoms with Gasteiger partial charge in [0.2, 0.25) is 0 Å². The van der Waals surface area contributed by atoms with Crippen molar-refractivity contribution in [2.75, 3.05) is 7.05 Å². The normalized spacial score (nSPS) is 12.7. The molecule has 2 aromatic carbocycles. The number of benzene rings is 2. The molecule has 1 atom stereocenters. The van der Waals surface area contributed by atoms with Gasteiger partial charge in [-0.15, -0.1) is 0 Å². The smallest absolute Gasteiger partial charge is 0.169 e. The van der Waals surface area contributed by atoms with Crippen molar-refractivity contribution in [1.29, 1.82) is 0 Å². The summed E-state index contributed by atoms with van der Waals surface area (Å²) < 4.78 is 19.6. The van der Waals surface area contributed by atoms with Gasteiger partial charge in [0.1, 0.15) is 5.76 Å². The molecule has 1 unspecified atom stereocenters. The van der Waals surface area contributed by atoms with Crippen molar-refractivity contribution in [3.63, 3.8) is 0 Å². The van der Waals surface area contributed by atoms with Crippen LogP contribution in [-0.2, 0) is 6.42 Å². The molecule has 21 heavy (non-hydrogen) atoms. The highest BCUT2D eigenvalue weighted by Gasteiger charge is 2.19. The summed E-state index contributed by atoms with van der Waals surface area (Å²) in [5.41, 5.74) is 2.75. The lowest BCUT2D eigenvalue weighted by atomic mass is 9.97. The third kappa shape index (κ3) is 2.45. The lowest BCUT2D eigenvalue weighted by Crippen LogP contribution is -2.18. The van der Waals surface area contributed by atoms with Crippen LogP contribution in [0.25, 0.3) is 11.0 Å². The van der Waals surface area contributed by atoms with Gasteiger partial charge in [0.15, 0.2) is 11.4 Å². The van der Waals surface area contributed by atoms with Gasteiger partial charge in [-0.1, -0.05) is 43.3 Å². The molecule has 3 heteroatoms. The minimum Gasteiger partial charge on any atom is -0.456 e. The van der Waals surface area contributed by atoms with Crippen molar-refractivity contribution in [2.45, 2.75) is 19.4 Å². The summed E-state index contributed by atoms with van der Waals surface area (Å²) in [6.07, 6.45) is 0.947. The first-order chi connectivity index (χ1) is 10.2. The maximum atomic E-state index is 13.8. The van der Waals surface area contributed by atoms with Crippen molar-refractivity contribution in [3.05, 3.63) is 71.2 Å². The Balaban J connectivity index is 2.12. The molecule has 0 aliphatic rings. The van der Waals surface area contributed by atoms with Crippen molar-refractivity contribution in [3.8, 4) is 0 Å². The van der Waals surface area contributed by atoms with E-state index < -0.39 is 0 Å². The number of furan rings is 1. The number of aryl methyl sites for hydroxylation is 1. The van der Waals surface area contributed by atoms with Crippen LogP contribution in [0.15, 0.2) is 52.9 Å². The summed E-state index contributed by atoms with van der Waals surface area (Å²) in [6, 6.07) is 15.1. The fraction of sp³-hybridized carbons (Fsp3) is 0.222. The van der Waals surface area contributed by atoms with E-state index in [1.165, 1.54) is 17.2 Å². The van der Waals surface area contributed by atoms with Gasteiger partial charge in [0.05, 0.1) is 6.04 Å². The van der Waals surface area contributed by atoms with Crippen molar-refractivity contribution in [1.82, 2.24) is 5.32 Å². The largest absolute Gasteiger partial charge is 0.456 e. The molecule has 1 N–H and O–H groups in total. The van der Waals surface area contributed by atoms with E-state index in [0.29, 0.717) is 5.58 Å². The molecule has 1 heterocycles. The summed E-state index contributed by atoms with van der Waals surface area (Å²) in [5, 5.41) is 4.06. The Kier molecular flexibility index (Phi) is 3.76. The SMILES string of the molecule is CCc1ccccc1C(NC)c1cc2cccc(F)c2o1. The molecule has 2 nitrogen and oxygen atoms in total. The van der Waals surface area contributed by atoms with Crippen LogP contribution in [0.3, 0.4) is 0 Å². The Hall–Kier alpha value is -2.13. The van der Waals surface area contributed by atoms with E-state index in [9.17, 15) is 4.39 Å². The fourth-order valence-corrected chi connectivity index (χ4v) is 2.78. The Bertz CT molecular complexity index is 763. The third-order valence-corrected chi connectivity index (χ3v) is 3.84. The van der Waals surface area contributed by atoms with Crippen molar-refractivity contribution >= 4 is 11.0 Å². The van der Waals surface area contributed by atoms with Crippen molar-refractivity contribution < 1.29 is 8.81 Å². The van der Waals surface area contributed by atoms with Gasteiger partial charge in [-0.25, -0.2) is 4.39 Å². The summed E-state index contributed by atoms with van der Waals surface area (Å²) in [5.74, 6) is 0.413. The number of fused-ring (bicyclic) bond motifs is 1. The molecule has 1 aromatic heterocycles. The van der Waals surface area contributed by atoms with Crippen LogP contribution in [0.5, 0.6) is 0 Å². The molecule has 0 radical (unpaired) electrons. The predicted molar refractivity (Wildman–Crippen MR) is 82.9 cm³/mol. The van der Waals surface area contributed by atoms with Crippen LogP contribution >= 0.6 is 0 Å². The first-order valence-corrected chi connectivity index (χ1v) is 7.17. The van der Waals surface area contributed by atoms with E-state index in [2.05, 4.69) is 24.4 Å². The van der Waals surface area contributed by atoms with E-state index >= 15 is 0 Å². The Morgan fingerprint density at radius 1 is 1.14 bits per heavy atom. The molecule has 0 fully saturated rings. The number of hydrogen-bond acceptors (Lipinski definition) is 2. The predicted octanol–water partition coefficient (Wildman–Crippen LogP) is 4.44. The first kappa shape index (κ1) is 13.8. The molecule has 0 amide bonds. The van der Waals surface area contributed by atoms with Gasteiger partial charge in [0, 0.05) is 5.39 Å². The number of hydrogen-bond donors (Lipinski definition) is 1. The zero-order chi connectivity index (χ0) is 14.8. The zero-order valence-corrected chi connectivity index (χ0v) is 12.2. The van der Waals surface area contributed by atoms with E-state index in [4.69, 9.17) is 4.42 Å². The number of nitrogens with one attached hydrogen (secondary N) is 1. The molecule has 0 bridgehead atoms. The Morgan fingerprint density at radius 3 is 2.67 bits per heavy atom. The van der Waals surface area contributed by atoms with Gasteiger partial charge in [-0.2, -0.15) is 0 Å². The maximum absolute atomic E-state index is 13.8. The van der Waals surface area contributed by atoms with Crippen LogP contribution in [0.2, 0.25) is 0 Å². The topological polar surface area (TPSA) is 25.2 Å². The Labute approximate surface area is 123 Å². The molecule has 0 aliphatic heterocycles. The summed E-state index contributed by atoms with van der Waals surface area (Å²) in [7, 11) is 1.89. The summed E-state index contributed by atoms with van der Waals surface area (Å²) in [4.78, 5) is 0. The first-order valence-electron chi connectivity index (χ1n) is 7.17. The lowest BCUT2D eigenvalue weighted by molar-refractivity contribution is 0.475. The summed E-state index contributed by atoms with van der Waals surface area (Å²) in [6.45, 7) is 2.13. The second-order valence-electron chi connectivity index (χ2n) is 5.08. The highest BCUT2D eigenvalue weighted by molar-refractivity contribution is 5.78. The molecule has 0 saturated heterocycles. The summed E-state index contributed by atoms with van der Waals surface area (Å²) >= 11 is 0. The quantitative estimate of drug-likeness (QED) is 0.765. The number of halogens is 1. The Morgan fingerprint density at radius 2 is 1.95 bits per heavy atom. The minimum absolute atomic E-state index is 0.0760. The van der Waals surface area contributed by atoms with Gasteiger partial charge in [0.25, 0.3) is 0 Å². The number of para-hydroxylation sites is 1. The van der Waals surface area contributed by atoms with Crippen LogP contribution in [-0.4, -0.2) is 7.05 Å². The molecular formula is C18H18FNO. The molecule has 0 spiro atoms. The molecule has 3 rings (SSSR count). The molecule has 108 valence electrons. The minimum atomic E-state index is -0.322. The molecule has 0 saturated carbocycles. The van der Waals surface area contributed by atoms with Gasteiger partial charge in [-0.3, -0.25) is 0 Å².